The van der Waals surface area contributed by atoms with E-state index in [2.05, 4.69) is 45.3 Å². The maximum absolute atomic E-state index is 14.2. The Morgan fingerprint density at radius 3 is 2.57 bits per heavy atom. The van der Waals surface area contributed by atoms with E-state index < -0.39 is 0 Å². The van der Waals surface area contributed by atoms with Crippen molar-refractivity contribution in [2.24, 2.45) is 5.92 Å². The molecule has 1 amide bonds. The maximum Gasteiger partial charge on any atom is 0.234 e. The van der Waals surface area contributed by atoms with Gasteiger partial charge in [0, 0.05) is 16.7 Å². The summed E-state index contributed by atoms with van der Waals surface area (Å²) < 4.78 is 17.1. The van der Waals surface area contributed by atoms with Gasteiger partial charge in [-0.15, -0.1) is 10.2 Å². The highest BCUT2D eigenvalue weighted by atomic mass is 79.9. The molecule has 0 radical (unpaired) electrons. The van der Waals surface area contributed by atoms with Gasteiger partial charge in [-0.3, -0.25) is 4.79 Å². The third-order valence-electron chi connectivity index (χ3n) is 3.84. The van der Waals surface area contributed by atoms with E-state index in [1.54, 1.807) is 18.2 Å². The average Bonchev–Trinajstić information content (AvgIpc) is 3.04. The Kier molecular flexibility index (Phi) is 6.85. The first kappa shape index (κ1) is 20.5. The van der Waals surface area contributed by atoms with Crippen LogP contribution in [0.4, 0.5) is 10.1 Å². The fourth-order valence-corrected chi connectivity index (χ4v) is 3.64. The molecular formula is C20H20BrFN4OS. The number of anilines is 1. The van der Waals surface area contributed by atoms with Crippen LogP contribution < -0.4 is 5.32 Å². The number of halogens is 2. The number of amides is 1. The number of thioether (sulfide) groups is 1. The maximum atomic E-state index is 14.2. The first-order chi connectivity index (χ1) is 13.4. The second-order valence-electron chi connectivity index (χ2n) is 6.63. The third-order valence-corrected chi connectivity index (χ3v) is 5.34. The summed E-state index contributed by atoms with van der Waals surface area (Å²) in [5, 5.41) is 11.8. The minimum absolute atomic E-state index is 0.140. The van der Waals surface area contributed by atoms with Crippen molar-refractivity contribution >= 4 is 39.3 Å². The van der Waals surface area contributed by atoms with Crippen LogP contribution in [0.25, 0.3) is 11.4 Å². The zero-order valence-electron chi connectivity index (χ0n) is 15.5. The van der Waals surface area contributed by atoms with Gasteiger partial charge in [0.05, 0.1) is 11.3 Å². The van der Waals surface area contributed by atoms with Gasteiger partial charge in [0.1, 0.15) is 5.82 Å². The lowest BCUT2D eigenvalue weighted by molar-refractivity contribution is -0.113. The van der Waals surface area contributed by atoms with Crippen molar-refractivity contribution in [3.63, 3.8) is 0 Å². The molecule has 0 spiro atoms. The largest absolute Gasteiger partial charge is 0.325 e. The molecular weight excluding hydrogens is 443 g/mol. The Bertz CT molecular complexity index is 959. The zero-order valence-corrected chi connectivity index (χ0v) is 17.9. The summed E-state index contributed by atoms with van der Waals surface area (Å²) in [6.07, 6.45) is 0. The number of carbonyl (C=O) groups is 1. The molecule has 0 aliphatic carbocycles. The fourth-order valence-electron chi connectivity index (χ4n) is 2.63. The third kappa shape index (κ3) is 5.20. The first-order valence-electron chi connectivity index (χ1n) is 8.80. The van der Waals surface area contributed by atoms with Crippen LogP contribution in [0, 0.1) is 11.7 Å². The Hall–Kier alpha value is -2.19. The van der Waals surface area contributed by atoms with Gasteiger partial charge in [0.2, 0.25) is 5.91 Å². The summed E-state index contributed by atoms with van der Waals surface area (Å²) in [6, 6.07) is 13.9. The Labute approximate surface area is 175 Å². The monoisotopic (exact) mass is 462 g/mol. The Balaban J connectivity index is 1.75. The van der Waals surface area contributed by atoms with Crippen LogP contribution in [-0.2, 0) is 11.3 Å². The SMILES string of the molecule is CC(C)Cn1c(SCC(=O)Nc2ccc(Br)cc2)nnc1-c1ccccc1F. The molecule has 0 saturated carbocycles. The van der Waals surface area contributed by atoms with Crippen molar-refractivity contribution < 1.29 is 9.18 Å². The van der Waals surface area contributed by atoms with Gasteiger partial charge in [0.15, 0.2) is 11.0 Å². The number of nitrogens with zero attached hydrogens (tertiary/aromatic N) is 3. The molecule has 146 valence electrons. The number of rotatable bonds is 7. The van der Waals surface area contributed by atoms with E-state index in [4.69, 9.17) is 0 Å². The van der Waals surface area contributed by atoms with Crippen LogP contribution in [-0.4, -0.2) is 26.4 Å². The second kappa shape index (κ2) is 9.34. The van der Waals surface area contributed by atoms with Crippen LogP contribution in [0.2, 0.25) is 0 Å². The van der Waals surface area contributed by atoms with Crippen molar-refractivity contribution in [1.29, 1.82) is 0 Å². The smallest absolute Gasteiger partial charge is 0.234 e. The van der Waals surface area contributed by atoms with E-state index in [1.807, 2.05) is 28.8 Å². The molecule has 2 aromatic carbocycles. The molecule has 0 aliphatic rings. The molecule has 0 unspecified atom stereocenters. The highest BCUT2D eigenvalue weighted by Crippen LogP contribution is 2.27. The van der Waals surface area contributed by atoms with Crippen molar-refractivity contribution in [3.05, 3.63) is 58.8 Å². The standard InChI is InChI=1S/C20H20BrFN4OS/c1-13(2)11-26-19(16-5-3-4-6-17(16)22)24-25-20(26)28-12-18(27)23-15-9-7-14(21)8-10-15/h3-10,13H,11-12H2,1-2H3,(H,23,27). The summed E-state index contributed by atoms with van der Waals surface area (Å²) in [5.74, 6) is 0.493. The van der Waals surface area contributed by atoms with Crippen molar-refractivity contribution in [2.45, 2.75) is 25.5 Å². The average molecular weight is 463 g/mol. The summed E-state index contributed by atoms with van der Waals surface area (Å²) in [4.78, 5) is 12.3. The van der Waals surface area contributed by atoms with Gasteiger partial charge in [-0.1, -0.05) is 53.7 Å². The lowest BCUT2D eigenvalue weighted by Crippen LogP contribution is -2.15. The zero-order chi connectivity index (χ0) is 20.1. The molecule has 0 aliphatic heterocycles. The molecule has 0 saturated heterocycles. The molecule has 3 aromatic rings. The number of carbonyl (C=O) groups excluding carboxylic acids is 1. The van der Waals surface area contributed by atoms with E-state index in [-0.39, 0.29) is 17.5 Å². The fraction of sp³-hybridized carbons (Fsp3) is 0.250. The van der Waals surface area contributed by atoms with E-state index in [9.17, 15) is 9.18 Å². The number of nitrogens with one attached hydrogen (secondary N) is 1. The van der Waals surface area contributed by atoms with Gasteiger partial charge >= 0.3 is 0 Å². The molecule has 3 rings (SSSR count). The molecule has 0 bridgehead atoms. The van der Waals surface area contributed by atoms with E-state index >= 15 is 0 Å². The molecule has 5 nitrogen and oxygen atoms in total. The Morgan fingerprint density at radius 1 is 1.18 bits per heavy atom. The van der Waals surface area contributed by atoms with Crippen molar-refractivity contribution in [3.8, 4) is 11.4 Å². The predicted octanol–water partition coefficient (Wildman–Crippen LogP) is 5.23. The summed E-state index contributed by atoms with van der Waals surface area (Å²) in [6.45, 7) is 4.77. The van der Waals surface area contributed by atoms with Crippen molar-refractivity contribution in [1.82, 2.24) is 14.8 Å². The Morgan fingerprint density at radius 2 is 1.89 bits per heavy atom. The quantitative estimate of drug-likeness (QED) is 0.488. The van der Waals surface area contributed by atoms with Crippen LogP contribution in [0.1, 0.15) is 13.8 Å². The minimum Gasteiger partial charge on any atom is -0.325 e. The summed E-state index contributed by atoms with van der Waals surface area (Å²) in [7, 11) is 0. The first-order valence-corrected chi connectivity index (χ1v) is 10.6. The van der Waals surface area contributed by atoms with Crippen LogP contribution in [0.15, 0.2) is 58.2 Å². The molecule has 28 heavy (non-hydrogen) atoms. The van der Waals surface area contributed by atoms with E-state index in [0.29, 0.717) is 29.0 Å². The number of hydrogen-bond donors (Lipinski definition) is 1. The lowest BCUT2D eigenvalue weighted by atomic mass is 10.2. The van der Waals surface area contributed by atoms with Gasteiger partial charge in [-0.25, -0.2) is 4.39 Å². The van der Waals surface area contributed by atoms with Crippen LogP contribution in [0.5, 0.6) is 0 Å². The number of aromatic nitrogens is 3. The van der Waals surface area contributed by atoms with Crippen molar-refractivity contribution in [2.75, 3.05) is 11.1 Å². The normalized spacial score (nSPS) is 11.0. The van der Waals surface area contributed by atoms with E-state index in [0.717, 1.165) is 10.2 Å². The summed E-state index contributed by atoms with van der Waals surface area (Å²) >= 11 is 4.65. The highest BCUT2D eigenvalue weighted by molar-refractivity contribution is 9.10. The lowest BCUT2D eigenvalue weighted by Gasteiger charge is -2.13. The predicted molar refractivity (Wildman–Crippen MR) is 114 cm³/mol. The second-order valence-corrected chi connectivity index (χ2v) is 8.49. The highest BCUT2D eigenvalue weighted by Gasteiger charge is 2.18. The molecule has 1 N–H and O–H groups in total. The molecule has 1 heterocycles. The summed E-state index contributed by atoms with van der Waals surface area (Å²) in [5.41, 5.74) is 1.13. The van der Waals surface area contributed by atoms with Gasteiger partial charge in [-0.2, -0.15) is 0 Å². The minimum atomic E-state index is -0.343. The molecule has 1 aromatic heterocycles. The topological polar surface area (TPSA) is 59.8 Å². The molecule has 0 fully saturated rings. The number of hydrogen-bond acceptors (Lipinski definition) is 4. The molecule has 0 atom stereocenters. The molecule has 8 heteroatoms. The van der Waals surface area contributed by atoms with Gasteiger partial charge < -0.3 is 9.88 Å². The van der Waals surface area contributed by atoms with E-state index in [1.165, 1.54) is 17.8 Å². The number of benzene rings is 2. The van der Waals surface area contributed by atoms with Gasteiger partial charge in [-0.05, 0) is 42.3 Å². The van der Waals surface area contributed by atoms with Crippen LogP contribution in [0.3, 0.4) is 0 Å². The van der Waals surface area contributed by atoms with Gasteiger partial charge in [0.25, 0.3) is 0 Å². The van der Waals surface area contributed by atoms with Crippen LogP contribution >= 0.6 is 27.7 Å².